The van der Waals surface area contributed by atoms with Crippen molar-refractivity contribution in [2.75, 3.05) is 13.2 Å². The number of aliphatic hydroxyl groups is 2. The van der Waals surface area contributed by atoms with E-state index < -0.39 is 67.3 Å². The van der Waals surface area contributed by atoms with Gasteiger partial charge in [0.2, 0.25) is 0 Å². The summed E-state index contributed by atoms with van der Waals surface area (Å²) in [5.41, 5.74) is 0. The Hall–Kier alpha value is -5.40. The van der Waals surface area contributed by atoms with Crippen LogP contribution in [0.5, 0.6) is 0 Å². The average molecular weight is 1160 g/mol. The third kappa shape index (κ3) is 46.6. The molecule has 12 heteroatoms. The first-order valence-corrected chi connectivity index (χ1v) is 31.8. The number of carbonyl (C=O) groups is 4. The molecule has 0 amide bonds. The number of hydrogen-bond donors (Lipinski definition) is 3. The lowest BCUT2D eigenvalue weighted by Gasteiger charge is -2.40. The maximum atomic E-state index is 13.1. The van der Waals surface area contributed by atoms with Crippen LogP contribution < -0.4 is 0 Å². The molecule has 1 heterocycles. The number of carboxylic acids is 1. The van der Waals surface area contributed by atoms with Crippen LogP contribution in [0.1, 0.15) is 226 Å². The highest BCUT2D eigenvalue weighted by Gasteiger charge is 2.50. The second-order valence-electron chi connectivity index (χ2n) is 20.9. The van der Waals surface area contributed by atoms with Crippen LogP contribution in [-0.4, -0.2) is 89.2 Å². The maximum absolute atomic E-state index is 13.1. The van der Waals surface area contributed by atoms with E-state index in [2.05, 4.69) is 142 Å². The fourth-order valence-electron chi connectivity index (χ4n) is 8.62. The normalized spacial score (nSPS) is 18.6. The molecule has 1 fully saturated rings. The van der Waals surface area contributed by atoms with Crippen LogP contribution in [0.15, 0.2) is 146 Å². The van der Waals surface area contributed by atoms with E-state index in [1.807, 2.05) is 18.2 Å². The second kappa shape index (κ2) is 57.1. The molecule has 6 unspecified atom stereocenters. The number of unbranched alkanes of at least 4 members (excludes halogenated alkanes) is 15. The van der Waals surface area contributed by atoms with Gasteiger partial charge in [0, 0.05) is 12.8 Å². The van der Waals surface area contributed by atoms with Crippen molar-refractivity contribution in [3.05, 3.63) is 146 Å². The first-order chi connectivity index (χ1) is 40.6. The molecule has 0 spiro atoms. The molecule has 12 nitrogen and oxygen atoms in total. The summed E-state index contributed by atoms with van der Waals surface area (Å²) >= 11 is 0. The van der Waals surface area contributed by atoms with Gasteiger partial charge in [0.25, 0.3) is 0 Å². The summed E-state index contributed by atoms with van der Waals surface area (Å²) in [6.45, 7) is 5.64. The Kier molecular flexibility index (Phi) is 52.0. The maximum Gasteiger partial charge on any atom is 0.335 e. The smallest absolute Gasteiger partial charge is 0.335 e. The van der Waals surface area contributed by atoms with Crippen molar-refractivity contribution < 1.29 is 58.2 Å². The minimum Gasteiger partial charge on any atom is -0.479 e. The standard InChI is InChI=1S/C71H110O12/c1-4-7-10-13-16-19-22-25-28-30-32-34-37-39-42-45-48-51-54-57-63(72)79-60-62(81-64(73)58-55-52-49-46-43-40-36-27-24-21-18-15-12-9-6-3)61-80-71-69(67(76)66(75)68(83-71)70(77)78)82-65(74)59-56-53-50-47-44-41-38-35-33-31-29-26-23-20-17-14-11-8-5-2/h8-9,11-12,16-21,25-29,33,35-36,41,43-44,46,52,55,62,66-69,71,75-76H,4-7,10,13-15,22-24,30-32,34,37-40,42,45,47-51,53-54,56-61H2,1-3H3,(H,77,78)/b11-8-,12-9-,19-16-,20-17-,21-18-,28-25-,29-26-,35-33-,36-27-,44-41-,46-43-,55-52-. The molecule has 6 atom stereocenters. The van der Waals surface area contributed by atoms with Crippen molar-refractivity contribution in [1.82, 2.24) is 0 Å². The molecule has 83 heavy (non-hydrogen) atoms. The number of ether oxygens (including phenoxy) is 5. The van der Waals surface area contributed by atoms with E-state index in [0.29, 0.717) is 19.3 Å². The zero-order valence-corrected chi connectivity index (χ0v) is 51.4. The van der Waals surface area contributed by atoms with Gasteiger partial charge < -0.3 is 39.0 Å². The lowest BCUT2D eigenvalue weighted by Crippen LogP contribution is -2.61. The third-order valence-corrected chi connectivity index (χ3v) is 13.4. The Morgan fingerprint density at radius 3 is 1.23 bits per heavy atom. The largest absolute Gasteiger partial charge is 0.479 e. The van der Waals surface area contributed by atoms with Crippen molar-refractivity contribution >= 4 is 23.9 Å². The zero-order chi connectivity index (χ0) is 60.3. The molecule has 1 aliphatic heterocycles. The molecular formula is C71H110O12. The van der Waals surface area contributed by atoms with Crippen LogP contribution in [-0.2, 0) is 42.9 Å². The van der Waals surface area contributed by atoms with Gasteiger partial charge in [-0.05, 0) is 122 Å². The van der Waals surface area contributed by atoms with Gasteiger partial charge >= 0.3 is 23.9 Å². The minimum absolute atomic E-state index is 0.00228. The molecule has 1 aliphatic rings. The number of aliphatic hydroxyl groups excluding tert-OH is 2. The van der Waals surface area contributed by atoms with Crippen molar-refractivity contribution in [3.8, 4) is 0 Å². The van der Waals surface area contributed by atoms with E-state index in [4.69, 9.17) is 23.7 Å². The van der Waals surface area contributed by atoms with Crippen LogP contribution in [0.2, 0.25) is 0 Å². The monoisotopic (exact) mass is 1150 g/mol. The number of aliphatic carboxylic acids is 1. The van der Waals surface area contributed by atoms with Crippen LogP contribution in [0.4, 0.5) is 0 Å². The number of hydrogen-bond acceptors (Lipinski definition) is 11. The molecule has 0 aromatic rings. The number of carbonyl (C=O) groups excluding carboxylic acids is 3. The van der Waals surface area contributed by atoms with Gasteiger partial charge in [-0.25, -0.2) is 4.79 Å². The van der Waals surface area contributed by atoms with E-state index in [9.17, 15) is 34.5 Å². The van der Waals surface area contributed by atoms with Crippen LogP contribution in [0.25, 0.3) is 0 Å². The molecule has 3 N–H and O–H groups in total. The molecule has 0 radical (unpaired) electrons. The molecule has 0 saturated carbocycles. The summed E-state index contributed by atoms with van der Waals surface area (Å²) < 4.78 is 28.3. The molecule has 1 rings (SSSR count). The van der Waals surface area contributed by atoms with Crippen LogP contribution in [0, 0.1) is 0 Å². The Bertz CT molecular complexity index is 2000. The van der Waals surface area contributed by atoms with Crippen LogP contribution in [0.3, 0.4) is 0 Å². The SMILES string of the molecule is CC/C=C\C/C=C\C/C=C\C/C=C\C/C=C\CCCCCC(=O)OC1C(OCC(COC(=O)CCCCCCCCCCC/C=C\C/C=C\CCCCC)OC(=O)C/C=C\C/C=C\C/C=C\C/C=C\C/C=C\CC)OC(C(=O)O)C(O)C1O. The molecule has 0 bridgehead atoms. The van der Waals surface area contributed by atoms with E-state index in [1.54, 1.807) is 6.08 Å². The number of rotatable bonds is 52. The first-order valence-electron chi connectivity index (χ1n) is 31.8. The third-order valence-electron chi connectivity index (χ3n) is 13.4. The molecule has 0 aromatic heterocycles. The van der Waals surface area contributed by atoms with Crippen molar-refractivity contribution in [3.63, 3.8) is 0 Å². The fourth-order valence-corrected chi connectivity index (χ4v) is 8.62. The summed E-state index contributed by atoms with van der Waals surface area (Å²) in [6, 6.07) is 0. The lowest BCUT2D eigenvalue weighted by molar-refractivity contribution is -0.301. The van der Waals surface area contributed by atoms with Crippen molar-refractivity contribution in [2.24, 2.45) is 0 Å². The summed E-state index contributed by atoms with van der Waals surface area (Å²) in [5, 5.41) is 31.6. The van der Waals surface area contributed by atoms with E-state index >= 15 is 0 Å². The summed E-state index contributed by atoms with van der Waals surface area (Å²) in [4.78, 5) is 51.2. The average Bonchev–Trinajstić information content (AvgIpc) is 3.60. The van der Waals surface area contributed by atoms with Crippen molar-refractivity contribution in [2.45, 2.75) is 263 Å². The topological polar surface area (TPSA) is 175 Å². The van der Waals surface area contributed by atoms with Gasteiger partial charge in [-0.15, -0.1) is 0 Å². The molecule has 1 saturated heterocycles. The second-order valence-corrected chi connectivity index (χ2v) is 20.9. The highest BCUT2D eigenvalue weighted by atomic mass is 16.7. The van der Waals surface area contributed by atoms with Gasteiger partial charge in [-0.2, -0.15) is 0 Å². The summed E-state index contributed by atoms with van der Waals surface area (Å²) in [6.07, 6.45) is 69.8. The first kappa shape index (κ1) is 75.6. The summed E-state index contributed by atoms with van der Waals surface area (Å²) in [5.74, 6) is -3.36. The zero-order valence-electron chi connectivity index (χ0n) is 51.4. The predicted molar refractivity (Wildman–Crippen MR) is 339 cm³/mol. The molecule has 466 valence electrons. The number of allylic oxidation sites excluding steroid dienone is 23. The Morgan fingerprint density at radius 2 is 0.795 bits per heavy atom. The Balaban J connectivity index is 2.73. The van der Waals surface area contributed by atoms with E-state index in [-0.39, 0.29) is 25.9 Å². The minimum atomic E-state index is -1.94. The quantitative estimate of drug-likeness (QED) is 0.0228. The highest BCUT2D eigenvalue weighted by Crippen LogP contribution is 2.26. The van der Waals surface area contributed by atoms with Gasteiger partial charge in [-0.1, -0.05) is 231 Å². The number of carboxylic acid groups (broad SMARTS) is 1. The van der Waals surface area contributed by atoms with E-state index in [1.165, 1.54) is 51.4 Å². The molecule has 0 aromatic carbocycles. The van der Waals surface area contributed by atoms with Gasteiger partial charge in [0.1, 0.15) is 18.8 Å². The van der Waals surface area contributed by atoms with Crippen molar-refractivity contribution in [1.29, 1.82) is 0 Å². The molecular weight excluding hydrogens is 1040 g/mol. The lowest BCUT2D eigenvalue weighted by atomic mass is 9.98. The predicted octanol–water partition coefficient (Wildman–Crippen LogP) is 17.1. The Labute approximate surface area is 502 Å². The highest BCUT2D eigenvalue weighted by molar-refractivity contribution is 5.74. The fraction of sp³-hybridized carbons (Fsp3) is 0.606. The summed E-state index contributed by atoms with van der Waals surface area (Å²) in [7, 11) is 0. The van der Waals surface area contributed by atoms with Gasteiger partial charge in [-0.3, -0.25) is 14.4 Å². The van der Waals surface area contributed by atoms with Gasteiger partial charge in [0.15, 0.2) is 24.6 Å². The van der Waals surface area contributed by atoms with Gasteiger partial charge in [0.05, 0.1) is 13.0 Å². The number of esters is 3. The van der Waals surface area contributed by atoms with Crippen LogP contribution >= 0.6 is 0 Å². The Morgan fingerprint density at radius 1 is 0.422 bits per heavy atom. The molecule has 0 aliphatic carbocycles. The van der Waals surface area contributed by atoms with E-state index in [0.717, 1.165) is 116 Å².